The summed E-state index contributed by atoms with van der Waals surface area (Å²) >= 11 is 0. The fraction of sp³-hybridized carbons (Fsp3) is 0.0500. The van der Waals surface area contributed by atoms with Gasteiger partial charge >= 0.3 is 0 Å². The zero-order valence-electron chi connectivity index (χ0n) is 12.0. The predicted molar refractivity (Wildman–Crippen MR) is 91.9 cm³/mol. The molecular formula is C20H15NO. The van der Waals surface area contributed by atoms with Crippen molar-refractivity contribution < 1.29 is 4.79 Å². The Balaban J connectivity index is 1.80. The fourth-order valence-electron chi connectivity index (χ4n) is 2.89. The number of fused-ring (bicyclic) bond motifs is 2. The molecule has 0 aliphatic heterocycles. The van der Waals surface area contributed by atoms with Gasteiger partial charge in [0, 0.05) is 16.6 Å². The van der Waals surface area contributed by atoms with E-state index in [2.05, 4.69) is 35.6 Å². The van der Waals surface area contributed by atoms with Gasteiger partial charge in [0.05, 0.1) is 0 Å². The van der Waals surface area contributed by atoms with Crippen LogP contribution in [0.2, 0.25) is 0 Å². The monoisotopic (exact) mass is 285 g/mol. The van der Waals surface area contributed by atoms with Gasteiger partial charge in [0.1, 0.15) is 0 Å². The standard InChI is InChI=1S/C20H15NO/c22-20(14-6-1-2-7-14)21-19-11-5-10-17-12-15-8-3-4-9-16(15)13-18(17)19/h1-6,8-13H,7H2,(H,21,22). The van der Waals surface area contributed by atoms with Crippen molar-refractivity contribution in [3.63, 3.8) is 0 Å². The normalized spacial score (nSPS) is 13.5. The van der Waals surface area contributed by atoms with Gasteiger partial charge in [-0.2, -0.15) is 0 Å². The lowest BCUT2D eigenvalue weighted by Gasteiger charge is -2.10. The highest BCUT2D eigenvalue weighted by molar-refractivity contribution is 6.11. The molecular weight excluding hydrogens is 270 g/mol. The molecule has 2 heteroatoms. The molecule has 3 aromatic carbocycles. The number of hydrogen-bond donors (Lipinski definition) is 1. The molecule has 0 bridgehead atoms. The third-order valence-corrected chi connectivity index (χ3v) is 4.06. The van der Waals surface area contributed by atoms with E-state index in [4.69, 9.17) is 0 Å². The van der Waals surface area contributed by atoms with Crippen LogP contribution in [0.5, 0.6) is 0 Å². The van der Waals surface area contributed by atoms with Gasteiger partial charge in [-0.1, -0.05) is 54.6 Å². The van der Waals surface area contributed by atoms with Crippen LogP contribution >= 0.6 is 0 Å². The Morgan fingerprint density at radius 2 is 1.68 bits per heavy atom. The highest BCUT2D eigenvalue weighted by Gasteiger charge is 2.12. The number of nitrogens with one attached hydrogen (secondary N) is 1. The van der Waals surface area contributed by atoms with E-state index in [1.807, 2.05) is 42.5 Å². The summed E-state index contributed by atoms with van der Waals surface area (Å²) in [6.07, 6.45) is 6.49. The molecule has 1 amide bonds. The Morgan fingerprint density at radius 3 is 2.45 bits per heavy atom. The summed E-state index contributed by atoms with van der Waals surface area (Å²) in [7, 11) is 0. The van der Waals surface area contributed by atoms with Crippen molar-refractivity contribution in [3.05, 3.63) is 78.4 Å². The molecule has 1 aliphatic rings. The maximum absolute atomic E-state index is 12.3. The van der Waals surface area contributed by atoms with Crippen LogP contribution in [-0.4, -0.2) is 5.91 Å². The van der Waals surface area contributed by atoms with Crippen LogP contribution in [0, 0.1) is 0 Å². The Kier molecular flexibility index (Phi) is 3.01. The van der Waals surface area contributed by atoms with E-state index in [0.29, 0.717) is 6.42 Å². The number of amides is 1. The van der Waals surface area contributed by atoms with Crippen molar-refractivity contribution in [2.45, 2.75) is 6.42 Å². The highest BCUT2D eigenvalue weighted by atomic mass is 16.1. The number of benzene rings is 3. The molecule has 106 valence electrons. The summed E-state index contributed by atoms with van der Waals surface area (Å²) in [4.78, 5) is 12.3. The van der Waals surface area contributed by atoms with E-state index in [0.717, 1.165) is 22.0 Å². The third kappa shape index (κ3) is 2.19. The summed E-state index contributed by atoms with van der Waals surface area (Å²) in [6, 6.07) is 18.6. The summed E-state index contributed by atoms with van der Waals surface area (Å²) in [5.41, 5.74) is 1.67. The van der Waals surface area contributed by atoms with Gasteiger partial charge < -0.3 is 5.32 Å². The molecule has 0 fully saturated rings. The van der Waals surface area contributed by atoms with Crippen LogP contribution < -0.4 is 5.32 Å². The molecule has 4 rings (SSSR count). The molecule has 0 saturated carbocycles. The molecule has 2 nitrogen and oxygen atoms in total. The largest absolute Gasteiger partial charge is 0.322 e. The first-order valence-corrected chi connectivity index (χ1v) is 7.40. The quantitative estimate of drug-likeness (QED) is 0.672. The molecule has 3 aromatic rings. The number of rotatable bonds is 2. The SMILES string of the molecule is O=C(Nc1cccc2cc3ccccc3cc12)C1=CC=CC1. The molecule has 0 atom stereocenters. The summed E-state index contributed by atoms with van der Waals surface area (Å²) in [6.45, 7) is 0. The second kappa shape index (κ2) is 5.15. The summed E-state index contributed by atoms with van der Waals surface area (Å²) in [5, 5.41) is 7.64. The van der Waals surface area contributed by atoms with Crippen molar-refractivity contribution in [2.75, 3.05) is 5.32 Å². The van der Waals surface area contributed by atoms with Crippen molar-refractivity contribution in [2.24, 2.45) is 0 Å². The van der Waals surface area contributed by atoms with E-state index < -0.39 is 0 Å². The Morgan fingerprint density at radius 1 is 0.909 bits per heavy atom. The van der Waals surface area contributed by atoms with Gasteiger partial charge in [-0.05, 0) is 40.8 Å². The molecule has 0 aromatic heterocycles. The second-order valence-corrected chi connectivity index (χ2v) is 5.50. The number of anilines is 1. The van der Waals surface area contributed by atoms with Gasteiger partial charge in [-0.25, -0.2) is 0 Å². The maximum Gasteiger partial charge on any atom is 0.251 e. The van der Waals surface area contributed by atoms with E-state index in [-0.39, 0.29) is 5.91 Å². The molecule has 0 spiro atoms. The number of carbonyl (C=O) groups excluding carboxylic acids is 1. The topological polar surface area (TPSA) is 29.1 Å². The highest BCUT2D eigenvalue weighted by Crippen LogP contribution is 2.29. The minimum atomic E-state index is -0.0225. The van der Waals surface area contributed by atoms with Crippen LogP contribution in [-0.2, 0) is 4.79 Å². The first-order chi connectivity index (χ1) is 10.8. The number of carbonyl (C=O) groups is 1. The van der Waals surface area contributed by atoms with Crippen LogP contribution in [0.1, 0.15) is 6.42 Å². The van der Waals surface area contributed by atoms with Gasteiger partial charge in [0.2, 0.25) is 0 Å². The smallest absolute Gasteiger partial charge is 0.251 e. The van der Waals surface area contributed by atoms with Crippen LogP contribution in [0.15, 0.2) is 78.4 Å². The van der Waals surface area contributed by atoms with Crippen molar-refractivity contribution >= 4 is 33.1 Å². The van der Waals surface area contributed by atoms with Gasteiger partial charge in [0.25, 0.3) is 5.91 Å². The molecule has 0 unspecified atom stereocenters. The zero-order valence-corrected chi connectivity index (χ0v) is 12.0. The van der Waals surface area contributed by atoms with Crippen LogP contribution in [0.4, 0.5) is 5.69 Å². The molecule has 1 aliphatic carbocycles. The Labute approximate surface area is 128 Å². The fourth-order valence-corrected chi connectivity index (χ4v) is 2.89. The first kappa shape index (κ1) is 12.8. The second-order valence-electron chi connectivity index (χ2n) is 5.50. The van der Waals surface area contributed by atoms with Crippen molar-refractivity contribution in [1.29, 1.82) is 0 Å². The number of hydrogen-bond acceptors (Lipinski definition) is 1. The van der Waals surface area contributed by atoms with Crippen LogP contribution in [0.25, 0.3) is 21.5 Å². The molecule has 22 heavy (non-hydrogen) atoms. The maximum atomic E-state index is 12.3. The average Bonchev–Trinajstić information content (AvgIpc) is 3.08. The molecule has 0 heterocycles. The zero-order chi connectivity index (χ0) is 14.9. The first-order valence-electron chi connectivity index (χ1n) is 7.40. The minimum Gasteiger partial charge on any atom is -0.322 e. The van der Waals surface area contributed by atoms with Gasteiger partial charge in [-0.15, -0.1) is 0 Å². The molecule has 1 N–H and O–H groups in total. The lowest BCUT2D eigenvalue weighted by Crippen LogP contribution is -2.13. The molecule has 0 saturated heterocycles. The molecule has 0 radical (unpaired) electrons. The van der Waals surface area contributed by atoms with Crippen LogP contribution in [0.3, 0.4) is 0 Å². The average molecular weight is 285 g/mol. The van der Waals surface area contributed by atoms with Gasteiger partial charge in [0.15, 0.2) is 0 Å². The van der Waals surface area contributed by atoms with E-state index >= 15 is 0 Å². The van der Waals surface area contributed by atoms with E-state index in [1.165, 1.54) is 10.8 Å². The lowest BCUT2D eigenvalue weighted by atomic mass is 10.0. The Hall–Kier alpha value is -2.87. The van der Waals surface area contributed by atoms with Crippen molar-refractivity contribution in [1.82, 2.24) is 0 Å². The van der Waals surface area contributed by atoms with Gasteiger partial charge in [-0.3, -0.25) is 4.79 Å². The lowest BCUT2D eigenvalue weighted by molar-refractivity contribution is -0.112. The third-order valence-electron chi connectivity index (χ3n) is 4.06. The Bertz CT molecular complexity index is 950. The van der Waals surface area contributed by atoms with Crippen molar-refractivity contribution in [3.8, 4) is 0 Å². The summed E-state index contributed by atoms with van der Waals surface area (Å²) < 4.78 is 0. The predicted octanol–water partition coefficient (Wildman–Crippen LogP) is 4.82. The number of allylic oxidation sites excluding steroid dienone is 3. The minimum absolute atomic E-state index is 0.0225. The van der Waals surface area contributed by atoms with E-state index in [1.54, 1.807) is 0 Å². The van der Waals surface area contributed by atoms with E-state index in [9.17, 15) is 4.79 Å². The summed E-state index contributed by atoms with van der Waals surface area (Å²) in [5.74, 6) is -0.0225.